The number of aromatic nitrogens is 2. The van der Waals surface area contributed by atoms with Gasteiger partial charge in [-0.05, 0) is 24.2 Å². The van der Waals surface area contributed by atoms with Crippen LogP contribution in [-0.2, 0) is 11.3 Å². The van der Waals surface area contributed by atoms with Crippen LogP contribution in [0.3, 0.4) is 0 Å². The first kappa shape index (κ1) is 12.8. The number of nitrogens with zero attached hydrogens (tertiary/aromatic N) is 4. The van der Waals surface area contributed by atoms with Gasteiger partial charge in [0, 0.05) is 13.1 Å². The lowest BCUT2D eigenvalue weighted by atomic mass is 10.1. The van der Waals surface area contributed by atoms with Gasteiger partial charge in [0.05, 0.1) is 11.3 Å². The van der Waals surface area contributed by atoms with Crippen molar-refractivity contribution in [2.45, 2.75) is 25.8 Å². The summed E-state index contributed by atoms with van der Waals surface area (Å²) < 4.78 is 1.22. The fraction of sp³-hybridized carbons (Fsp3) is 0.600. The van der Waals surface area contributed by atoms with Crippen molar-refractivity contribution in [1.82, 2.24) is 14.7 Å². The SMILES string of the molecule is O=C(Cn1cc(Cl)c([N+](=O)[O-])n1)N1CCCCC1. The lowest BCUT2D eigenvalue weighted by Crippen LogP contribution is -2.37. The third kappa shape index (κ3) is 2.79. The summed E-state index contributed by atoms with van der Waals surface area (Å²) in [6.07, 6.45) is 4.46. The van der Waals surface area contributed by atoms with E-state index in [2.05, 4.69) is 5.10 Å². The summed E-state index contributed by atoms with van der Waals surface area (Å²) in [5, 5.41) is 14.2. The van der Waals surface area contributed by atoms with Crippen LogP contribution in [0.2, 0.25) is 5.02 Å². The van der Waals surface area contributed by atoms with Crippen molar-refractivity contribution in [3.63, 3.8) is 0 Å². The maximum absolute atomic E-state index is 11.9. The molecular formula is C10H13ClN4O3. The molecule has 1 saturated heterocycles. The number of amides is 1. The zero-order valence-electron chi connectivity index (χ0n) is 9.71. The minimum Gasteiger partial charge on any atom is -0.358 e. The lowest BCUT2D eigenvalue weighted by Gasteiger charge is -2.26. The van der Waals surface area contributed by atoms with E-state index in [1.807, 2.05) is 0 Å². The third-order valence-corrected chi connectivity index (χ3v) is 3.14. The Morgan fingerprint density at radius 2 is 2.11 bits per heavy atom. The topological polar surface area (TPSA) is 81.3 Å². The van der Waals surface area contributed by atoms with Crippen molar-refractivity contribution in [3.8, 4) is 0 Å². The largest absolute Gasteiger partial charge is 0.408 e. The summed E-state index contributed by atoms with van der Waals surface area (Å²) >= 11 is 5.66. The first-order valence-electron chi connectivity index (χ1n) is 5.73. The summed E-state index contributed by atoms with van der Waals surface area (Å²) in [6, 6.07) is 0. The van der Waals surface area contributed by atoms with Gasteiger partial charge >= 0.3 is 5.82 Å². The number of halogens is 1. The highest BCUT2D eigenvalue weighted by atomic mass is 35.5. The monoisotopic (exact) mass is 272 g/mol. The first-order chi connectivity index (χ1) is 8.58. The van der Waals surface area contributed by atoms with Gasteiger partial charge in [-0.2, -0.15) is 4.68 Å². The maximum Gasteiger partial charge on any atom is 0.408 e. The molecule has 0 radical (unpaired) electrons. The molecule has 18 heavy (non-hydrogen) atoms. The molecule has 0 unspecified atom stereocenters. The van der Waals surface area contributed by atoms with Gasteiger partial charge in [-0.15, -0.1) is 0 Å². The minimum atomic E-state index is -0.662. The van der Waals surface area contributed by atoms with Gasteiger partial charge in [0.15, 0.2) is 5.02 Å². The second-order valence-corrected chi connectivity index (χ2v) is 4.60. The molecule has 0 bridgehead atoms. The molecule has 1 fully saturated rings. The average molecular weight is 273 g/mol. The first-order valence-corrected chi connectivity index (χ1v) is 6.11. The van der Waals surface area contributed by atoms with E-state index < -0.39 is 10.7 Å². The maximum atomic E-state index is 11.9. The van der Waals surface area contributed by atoms with Crippen LogP contribution < -0.4 is 0 Å². The number of carbonyl (C=O) groups excluding carboxylic acids is 1. The van der Waals surface area contributed by atoms with Crippen molar-refractivity contribution in [2.24, 2.45) is 0 Å². The predicted octanol–water partition coefficient (Wildman–Crippen LogP) is 1.46. The van der Waals surface area contributed by atoms with E-state index in [1.165, 1.54) is 10.9 Å². The number of piperidine rings is 1. The van der Waals surface area contributed by atoms with Gasteiger partial charge in [0.25, 0.3) is 0 Å². The van der Waals surface area contributed by atoms with Crippen molar-refractivity contribution in [2.75, 3.05) is 13.1 Å². The van der Waals surface area contributed by atoms with Crippen LogP contribution in [0.15, 0.2) is 6.20 Å². The summed E-state index contributed by atoms with van der Waals surface area (Å²) in [4.78, 5) is 23.6. The van der Waals surface area contributed by atoms with Crippen LogP contribution in [0.1, 0.15) is 19.3 Å². The van der Waals surface area contributed by atoms with Gasteiger partial charge in [-0.25, -0.2) is 0 Å². The molecule has 98 valence electrons. The number of likely N-dealkylation sites (tertiary alicyclic amines) is 1. The normalized spacial score (nSPS) is 15.7. The molecular weight excluding hydrogens is 260 g/mol. The second kappa shape index (κ2) is 5.34. The zero-order valence-corrected chi connectivity index (χ0v) is 10.5. The molecule has 0 spiro atoms. The molecule has 0 aromatic carbocycles. The zero-order chi connectivity index (χ0) is 13.1. The van der Waals surface area contributed by atoms with Crippen LogP contribution in [0, 0.1) is 10.1 Å². The average Bonchev–Trinajstić information content (AvgIpc) is 2.71. The number of carbonyl (C=O) groups is 1. The van der Waals surface area contributed by atoms with Crippen LogP contribution in [0.4, 0.5) is 5.82 Å². The lowest BCUT2D eigenvalue weighted by molar-refractivity contribution is -0.389. The standard InChI is InChI=1S/C10H13ClN4O3/c11-8-6-14(12-10(8)15(17)18)7-9(16)13-4-2-1-3-5-13/h6H,1-5,7H2. The Hall–Kier alpha value is -1.63. The van der Waals surface area contributed by atoms with Crippen molar-refractivity contribution < 1.29 is 9.72 Å². The quantitative estimate of drug-likeness (QED) is 0.616. The Bertz CT molecular complexity index is 468. The number of hydrogen-bond acceptors (Lipinski definition) is 4. The van der Waals surface area contributed by atoms with E-state index in [-0.39, 0.29) is 17.5 Å². The number of rotatable bonds is 3. The fourth-order valence-electron chi connectivity index (χ4n) is 1.97. The summed E-state index contributed by atoms with van der Waals surface area (Å²) in [7, 11) is 0. The highest BCUT2D eigenvalue weighted by Gasteiger charge is 2.23. The molecule has 0 N–H and O–H groups in total. The van der Waals surface area contributed by atoms with E-state index in [9.17, 15) is 14.9 Å². The summed E-state index contributed by atoms with van der Waals surface area (Å²) in [5.41, 5.74) is 0. The van der Waals surface area contributed by atoms with Crippen LogP contribution in [0.25, 0.3) is 0 Å². The Balaban J connectivity index is 2.02. The Labute approximate surface area is 108 Å². The Kier molecular flexibility index (Phi) is 3.81. The molecule has 1 aromatic heterocycles. The van der Waals surface area contributed by atoms with Gasteiger partial charge in [0.2, 0.25) is 5.91 Å². The van der Waals surface area contributed by atoms with Crippen LogP contribution in [-0.4, -0.2) is 38.6 Å². The molecule has 7 nitrogen and oxygen atoms in total. The molecule has 2 rings (SSSR count). The predicted molar refractivity (Wildman–Crippen MR) is 64.3 cm³/mol. The van der Waals surface area contributed by atoms with Crippen LogP contribution >= 0.6 is 11.6 Å². The van der Waals surface area contributed by atoms with Gasteiger partial charge in [-0.3, -0.25) is 4.79 Å². The van der Waals surface area contributed by atoms with Crippen molar-refractivity contribution in [1.29, 1.82) is 0 Å². The van der Waals surface area contributed by atoms with Crippen LogP contribution in [0.5, 0.6) is 0 Å². The highest BCUT2D eigenvalue weighted by Crippen LogP contribution is 2.21. The third-order valence-electron chi connectivity index (χ3n) is 2.88. The molecule has 0 saturated carbocycles. The summed E-state index contributed by atoms with van der Waals surface area (Å²) in [6.45, 7) is 1.49. The molecule has 0 aliphatic carbocycles. The molecule has 0 atom stereocenters. The Morgan fingerprint density at radius 1 is 1.44 bits per heavy atom. The smallest absolute Gasteiger partial charge is 0.358 e. The van der Waals surface area contributed by atoms with E-state index in [0.29, 0.717) is 0 Å². The highest BCUT2D eigenvalue weighted by molar-refractivity contribution is 6.32. The molecule has 8 heteroatoms. The van der Waals surface area contributed by atoms with E-state index in [0.717, 1.165) is 32.4 Å². The minimum absolute atomic E-state index is 0.00639. The Morgan fingerprint density at radius 3 is 2.67 bits per heavy atom. The number of hydrogen-bond donors (Lipinski definition) is 0. The van der Waals surface area contributed by atoms with Gasteiger partial charge < -0.3 is 15.0 Å². The fourth-order valence-corrected chi connectivity index (χ4v) is 2.19. The van der Waals surface area contributed by atoms with Crippen molar-refractivity contribution in [3.05, 3.63) is 21.3 Å². The van der Waals surface area contributed by atoms with E-state index in [4.69, 9.17) is 11.6 Å². The van der Waals surface area contributed by atoms with E-state index >= 15 is 0 Å². The second-order valence-electron chi connectivity index (χ2n) is 4.20. The molecule has 1 aliphatic heterocycles. The van der Waals surface area contributed by atoms with Crippen molar-refractivity contribution >= 4 is 23.3 Å². The molecule has 1 aromatic rings. The molecule has 2 heterocycles. The van der Waals surface area contributed by atoms with Gasteiger partial charge in [0.1, 0.15) is 6.54 Å². The number of nitro groups is 1. The molecule has 1 aliphatic rings. The molecule has 1 amide bonds. The van der Waals surface area contributed by atoms with Gasteiger partial charge in [-0.1, -0.05) is 11.6 Å². The van der Waals surface area contributed by atoms with E-state index in [1.54, 1.807) is 4.90 Å². The summed E-state index contributed by atoms with van der Waals surface area (Å²) in [5.74, 6) is -0.494.